The van der Waals surface area contributed by atoms with Crippen molar-refractivity contribution in [2.45, 2.75) is 54.3 Å². The fraction of sp³-hybridized carbons (Fsp3) is 0.652. The minimum Gasteiger partial charge on any atom is -0.403 e. The van der Waals surface area contributed by atoms with Gasteiger partial charge in [0.25, 0.3) is 0 Å². The zero-order chi connectivity index (χ0) is 34.0. The van der Waals surface area contributed by atoms with Gasteiger partial charge >= 0.3 is 24.6 Å². The van der Waals surface area contributed by atoms with Gasteiger partial charge in [-0.25, -0.2) is 10.2 Å². The van der Waals surface area contributed by atoms with Crippen LogP contribution >= 0.6 is 81.4 Å². The van der Waals surface area contributed by atoms with Crippen molar-refractivity contribution in [1.82, 2.24) is 10.2 Å². The molecule has 2 aromatic rings. The van der Waals surface area contributed by atoms with Gasteiger partial charge < -0.3 is 18.7 Å². The molecule has 0 amide bonds. The predicted molar refractivity (Wildman–Crippen MR) is 186 cm³/mol. The number of nitrogens with one attached hydrogen (secondary N) is 2. The normalized spacial score (nSPS) is 11.7. The Morgan fingerprint density at radius 2 is 1.24 bits per heavy atom. The van der Waals surface area contributed by atoms with Crippen molar-refractivity contribution in [2.75, 3.05) is 43.9 Å². The molecule has 0 unspecified atom stereocenters. The van der Waals surface area contributed by atoms with Crippen molar-refractivity contribution in [2.24, 2.45) is 0 Å². The molecule has 0 aliphatic carbocycles. The number of aliphatic hydroxyl groups excluding tert-OH is 1. The summed E-state index contributed by atoms with van der Waals surface area (Å²) in [5.74, 6) is 0.943. The number of hydrogen-bond acceptors (Lipinski definition) is 11. The van der Waals surface area contributed by atoms with Crippen LogP contribution in [0.25, 0.3) is 0 Å². The molecule has 2 aromatic heterocycles. The lowest BCUT2D eigenvalue weighted by atomic mass is 10.4. The number of aliphatic hydroxyl groups is 1. The fourth-order valence-electron chi connectivity index (χ4n) is 2.28. The van der Waals surface area contributed by atoms with E-state index in [2.05, 4.69) is 48.3 Å². The molecule has 3 rings (SSSR count). The topological polar surface area (TPSA) is 209 Å². The lowest BCUT2D eigenvalue weighted by Gasteiger charge is -2.19. The first-order valence-corrected chi connectivity index (χ1v) is 20.1. The van der Waals surface area contributed by atoms with E-state index >= 15 is 0 Å². The molecule has 0 aromatic carbocycles. The first-order valence-electron chi connectivity index (χ1n) is 12.4. The zero-order valence-corrected chi connectivity index (χ0v) is 29.7. The highest BCUT2D eigenvalue weighted by molar-refractivity contribution is 8.24. The van der Waals surface area contributed by atoms with E-state index in [0.29, 0.717) is 0 Å². The summed E-state index contributed by atoms with van der Waals surface area (Å²) < 4.78 is 41.4. The van der Waals surface area contributed by atoms with Crippen LogP contribution in [0.1, 0.15) is 52.6 Å². The van der Waals surface area contributed by atoms with Gasteiger partial charge in [-0.15, -0.1) is 34.8 Å². The molecular formula is C23H42Cl6N4O11P2. The van der Waals surface area contributed by atoms with E-state index in [9.17, 15) is 29.4 Å². The summed E-state index contributed by atoms with van der Waals surface area (Å²) in [6.07, 6.45) is 3.64. The Morgan fingerprint density at radius 3 is 1.50 bits per heavy atom. The first kappa shape index (κ1) is 52.2. The molecule has 23 heteroatoms. The number of nitro groups is 2. The largest absolute Gasteiger partial charge is 0.433 e. The third-order valence-electron chi connectivity index (χ3n) is 4.04. The van der Waals surface area contributed by atoms with Crippen LogP contribution < -0.4 is 10.2 Å². The molecule has 1 fully saturated rings. The molecule has 272 valence electrons. The molecule has 0 spiro atoms. The van der Waals surface area contributed by atoms with Gasteiger partial charge in [-0.05, 0) is 65.1 Å². The summed E-state index contributed by atoms with van der Waals surface area (Å²) in [5, 5.41) is 30.9. The Kier molecular flexibility index (Phi) is 35.9. The standard InChI is InChI=1S/C9H14Cl2N3O5P.C5H5NO4.C4H8O.C3H7Cl.2CH4.Cl3OP/c10-3-5-12-20(17,13-6-4-11)18-7-8-1-2-9(19-8)14(15)16;7-3-4-1-2-5(10-4)6(8)9;1-2-4-5-3-1;1-2-3-4;;;1-5(2,3)4/h1-2H,3-7H2,(H2,12,13,17);1-2,7H,3H2;1-4H2;2-3H2,1H3;2*1H4;. The number of halogens is 6. The second-order valence-corrected chi connectivity index (χ2v) is 17.3. The van der Waals surface area contributed by atoms with Gasteiger partial charge in [0.2, 0.25) is 0 Å². The molecule has 1 saturated heterocycles. The van der Waals surface area contributed by atoms with Gasteiger partial charge in [-0.2, -0.15) is 0 Å². The summed E-state index contributed by atoms with van der Waals surface area (Å²) in [7, 11) is -3.33. The maximum Gasteiger partial charge on any atom is 0.433 e. The van der Waals surface area contributed by atoms with E-state index in [0.717, 1.165) is 25.5 Å². The van der Waals surface area contributed by atoms with E-state index in [1.165, 1.54) is 37.1 Å². The monoisotopic (exact) mass is 822 g/mol. The average molecular weight is 825 g/mol. The summed E-state index contributed by atoms with van der Waals surface area (Å²) in [5.41, 5.74) is 0. The Labute approximate surface area is 298 Å². The Balaban J connectivity index is -0.000000281. The molecule has 0 atom stereocenters. The third kappa shape index (κ3) is 31.9. The number of furan rings is 2. The van der Waals surface area contributed by atoms with Crippen LogP contribution in [0.2, 0.25) is 0 Å². The Bertz CT molecular complexity index is 1110. The van der Waals surface area contributed by atoms with Gasteiger partial charge in [0.15, 0.2) is 0 Å². The number of hydrogen-bond donors (Lipinski definition) is 3. The molecule has 46 heavy (non-hydrogen) atoms. The highest BCUT2D eigenvalue weighted by atomic mass is 36.0. The molecule has 15 nitrogen and oxygen atoms in total. The maximum absolute atomic E-state index is 12.3. The highest BCUT2D eigenvalue weighted by Gasteiger charge is 2.23. The van der Waals surface area contributed by atoms with Crippen molar-refractivity contribution in [3.05, 3.63) is 56.0 Å². The maximum atomic E-state index is 12.3. The molecule has 3 heterocycles. The highest BCUT2D eigenvalue weighted by Crippen LogP contribution is 2.61. The second kappa shape index (κ2) is 31.6. The van der Waals surface area contributed by atoms with Gasteiger partial charge in [0.1, 0.15) is 34.6 Å². The van der Waals surface area contributed by atoms with Crippen LogP contribution in [-0.4, -0.2) is 58.9 Å². The predicted octanol–water partition coefficient (Wildman–Crippen LogP) is 9.66. The van der Waals surface area contributed by atoms with Crippen molar-refractivity contribution in [3.63, 3.8) is 0 Å². The molecule has 0 bridgehead atoms. The lowest BCUT2D eigenvalue weighted by Crippen LogP contribution is -2.26. The van der Waals surface area contributed by atoms with Crippen molar-refractivity contribution < 1.29 is 42.2 Å². The minimum atomic E-state index is -3.33. The molecule has 1 aliphatic heterocycles. The minimum absolute atomic E-state index is 0. The molecular weight excluding hydrogens is 783 g/mol. The smallest absolute Gasteiger partial charge is 0.403 e. The van der Waals surface area contributed by atoms with E-state index < -0.39 is 28.6 Å². The summed E-state index contributed by atoms with van der Waals surface area (Å²) in [6.45, 7) is 4.09. The van der Waals surface area contributed by atoms with Gasteiger partial charge in [0.05, 0.1) is 12.1 Å². The number of ether oxygens (including phenoxy) is 1. The number of alkyl halides is 3. The van der Waals surface area contributed by atoms with Crippen molar-refractivity contribution in [3.8, 4) is 0 Å². The van der Waals surface area contributed by atoms with E-state index in [1.807, 2.05) is 6.92 Å². The quantitative estimate of drug-likeness (QED) is 0.0744. The third-order valence-corrected chi connectivity index (χ3v) is 6.57. The van der Waals surface area contributed by atoms with Crippen molar-refractivity contribution >= 4 is 93.2 Å². The lowest BCUT2D eigenvalue weighted by molar-refractivity contribution is -0.402. The van der Waals surface area contributed by atoms with Crippen LogP contribution in [-0.2, 0) is 31.6 Å². The zero-order valence-electron chi connectivity index (χ0n) is 23.4. The fourth-order valence-corrected chi connectivity index (χ4v) is 4.15. The van der Waals surface area contributed by atoms with Crippen LogP contribution in [0, 0.1) is 20.2 Å². The van der Waals surface area contributed by atoms with Crippen LogP contribution in [0.15, 0.2) is 33.1 Å². The average Bonchev–Trinajstić information content (AvgIpc) is 3.77. The Hall–Kier alpha value is -0.640. The second-order valence-electron chi connectivity index (χ2n) is 7.58. The van der Waals surface area contributed by atoms with Crippen LogP contribution in [0.5, 0.6) is 0 Å². The first-order chi connectivity index (χ1) is 20.7. The number of nitrogens with zero attached hydrogens (tertiary/aromatic N) is 2. The van der Waals surface area contributed by atoms with Crippen molar-refractivity contribution in [1.29, 1.82) is 0 Å². The van der Waals surface area contributed by atoms with Gasteiger partial charge in [-0.3, -0.25) is 33.9 Å². The van der Waals surface area contributed by atoms with E-state index in [4.69, 9.17) is 53.6 Å². The molecule has 3 N–H and O–H groups in total. The summed E-state index contributed by atoms with van der Waals surface area (Å²) in [4.78, 5) is 19.1. The molecule has 0 radical (unpaired) electrons. The van der Waals surface area contributed by atoms with E-state index in [1.54, 1.807) is 0 Å². The SMILES string of the molecule is C.C.C1CCOC1.CCCCl.O=P(Cl)(Cl)Cl.O=[N+]([O-])c1ccc(CO)o1.O=[N+]([O-])c1ccc(COP(=O)(NCCCl)NCCCl)o1. The Morgan fingerprint density at radius 1 is 0.848 bits per heavy atom. The van der Waals surface area contributed by atoms with Gasteiger partial charge in [0, 0.05) is 43.9 Å². The summed E-state index contributed by atoms with van der Waals surface area (Å²) in [6, 6.07) is 5.14. The van der Waals surface area contributed by atoms with Gasteiger partial charge in [-0.1, -0.05) is 21.8 Å². The van der Waals surface area contributed by atoms with Crippen LogP contribution in [0.4, 0.5) is 11.8 Å². The summed E-state index contributed by atoms with van der Waals surface area (Å²) >= 11 is 30.1. The van der Waals surface area contributed by atoms with E-state index in [-0.39, 0.29) is 70.3 Å². The molecule has 0 saturated carbocycles. The van der Waals surface area contributed by atoms with Crippen LogP contribution in [0.3, 0.4) is 0 Å². The number of rotatable bonds is 13. The molecule has 1 aliphatic rings.